The molecule has 0 aliphatic carbocycles. The van der Waals surface area contributed by atoms with Crippen molar-refractivity contribution in [1.82, 2.24) is 0 Å². The molecule has 0 spiro atoms. The summed E-state index contributed by atoms with van der Waals surface area (Å²) >= 11 is 0. The number of hydrogen-bond donors (Lipinski definition) is 1. The second-order valence-corrected chi connectivity index (χ2v) is 3.34. The van der Waals surface area contributed by atoms with Crippen LogP contribution in [0.5, 0.6) is 5.75 Å². The van der Waals surface area contributed by atoms with E-state index in [1.807, 2.05) is 0 Å². The number of carbonyl (C=O) groups is 2. The molecule has 9 heteroatoms. The van der Waals surface area contributed by atoms with Crippen LogP contribution in [0.25, 0.3) is 6.08 Å². The van der Waals surface area contributed by atoms with Crippen molar-refractivity contribution in [2.45, 2.75) is 6.61 Å². The highest BCUT2D eigenvalue weighted by molar-refractivity contribution is 5.91. The number of carboxylic acids is 1. The van der Waals surface area contributed by atoms with Crippen molar-refractivity contribution in [3.8, 4) is 5.75 Å². The highest BCUT2D eigenvalue weighted by Gasteiger charge is 2.24. The number of rotatable bonds is 6. The summed E-state index contributed by atoms with van der Waals surface area (Å²) in [5, 5.41) is 19.2. The van der Waals surface area contributed by atoms with Crippen molar-refractivity contribution < 1.29 is 33.1 Å². The minimum absolute atomic E-state index is 0.219. The summed E-state index contributed by atoms with van der Waals surface area (Å²) < 4.78 is 28.6. The van der Waals surface area contributed by atoms with Crippen LogP contribution in [0.15, 0.2) is 18.2 Å². The zero-order valence-corrected chi connectivity index (χ0v) is 9.66. The molecule has 1 rings (SSSR count). The Morgan fingerprint density at radius 1 is 1.45 bits per heavy atom. The van der Waals surface area contributed by atoms with E-state index in [0.717, 1.165) is 18.2 Å². The maximum Gasteiger partial charge on any atom is 0.387 e. The Balaban J connectivity index is 3.54. The van der Waals surface area contributed by atoms with E-state index in [1.165, 1.54) is 0 Å². The predicted molar refractivity (Wildman–Crippen MR) is 61.8 cm³/mol. The van der Waals surface area contributed by atoms with E-state index in [0.29, 0.717) is 6.08 Å². The second kappa shape index (κ2) is 6.36. The van der Waals surface area contributed by atoms with Crippen LogP contribution in [0.4, 0.5) is 14.5 Å². The molecule has 0 atom stereocenters. The van der Waals surface area contributed by atoms with E-state index in [2.05, 4.69) is 4.74 Å². The Labute approximate surface area is 110 Å². The first-order valence-corrected chi connectivity index (χ1v) is 4.99. The third kappa shape index (κ3) is 3.57. The fourth-order valence-electron chi connectivity index (χ4n) is 1.39. The van der Waals surface area contributed by atoms with Gasteiger partial charge in [-0.15, -0.1) is 0 Å². The summed E-state index contributed by atoms with van der Waals surface area (Å²) in [7, 11) is 0. The highest BCUT2D eigenvalue weighted by Crippen LogP contribution is 2.35. The lowest BCUT2D eigenvalue weighted by Gasteiger charge is -2.10. The van der Waals surface area contributed by atoms with Crippen LogP contribution < -0.4 is 4.74 Å². The molecule has 0 aliphatic heterocycles. The number of alkyl halides is 2. The van der Waals surface area contributed by atoms with Gasteiger partial charge in [-0.2, -0.15) is 8.78 Å². The zero-order valence-electron chi connectivity index (χ0n) is 9.66. The van der Waals surface area contributed by atoms with Crippen molar-refractivity contribution >= 4 is 24.0 Å². The Morgan fingerprint density at radius 3 is 2.55 bits per heavy atom. The fraction of sp³-hybridized carbons (Fsp3) is 0.0909. The van der Waals surface area contributed by atoms with Gasteiger partial charge in [-0.1, -0.05) is 0 Å². The Kier molecular flexibility index (Phi) is 4.84. The minimum Gasteiger partial charge on any atom is -0.478 e. The molecule has 0 bridgehead atoms. The highest BCUT2D eigenvalue weighted by atomic mass is 19.3. The molecule has 0 amide bonds. The van der Waals surface area contributed by atoms with Gasteiger partial charge in [0.25, 0.3) is 0 Å². The molecule has 106 valence electrons. The molecular formula is C11H7F2NO6. The van der Waals surface area contributed by atoms with Gasteiger partial charge in [-0.3, -0.25) is 14.9 Å². The van der Waals surface area contributed by atoms with Gasteiger partial charge in [0.1, 0.15) is 0 Å². The smallest absolute Gasteiger partial charge is 0.387 e. The number of aliphatic carboxylic acids is 1. The average Bonchev–Trinajstić information content (AvgIpc) is 2.35. The van der Waals surface area contributed by atoms with E-state index in [1.54, 1.807) is 0 Å². The standard InChI is InChI=1S/C11H7F2NO6/c12-11(13)20-10-7(2-4-9(16)17)6(5-15)1-3-8(10)14(18)19/h1-5,11H,(H,16,17)/b4-2+. The van der Waals surface area contributed by atoms with E-state index >= 15 is 0 Å². The third-order valence-electron chi connectivity index (χ3n) is 2.13. The molecule has 0 aliphatic rings. The Hall–Kier alpha value is -2.84. The van der Waals surface area contributed by atoms with Crippen LogP contribution >= 0.6 is 0 Å². The van der Waals surface area contributed by atoms with Gasteiger partial charge in [-0.05, 0) is 12.1 Å². The fourth-order valence-corrected chi connectivity index (χ4v) is 1.39. The Bertz CT molecular complexity index is 585. The number of nitro benzene ring substituents is 1. The molecule has 1 aromatic rings. The summed E-state index contributed by atoms with van der Waals surface area (Å²) in [5.74, 6) is -2.29. The number of benzene rings is 1. The molecular weight excluding hydrogens is 280 g/mol. The summed E-state index contributed by atoms with van der Waals surface area (Å²) in [6.07, 6.45) is 1.56. The van der Waals surface area contributed by atoms with Gasteiger partial charge in [0.15, 0.2) is 6.29 Å². The Morgan fingerprint density at radius 2 is 2.10 bits per heavy atom. The first kappa shape index (κ1) is 15.2. The van der Waals surface area contributed by atoms with Crippen molar-refractivity contribution in [2.75, 3.05) is 0 Å². The van der Waals surface area contributed by atoms with Crippen molar-refractivity contribution in [3.05, 3.63) is 39.4 Å². The number of carboxylic acid groups (broad SMARTS) is 1. The third-order valence-corrected chi connectivity index (χ3v) is 2.13. The van der Waals surface area contributed by atoms with E-state index in [-0.39, 0.29) is 11.8 Å². The number of nitro groups is 1. The van der Waals surface area contributed by atoms with Crippen molar-refractivity contribution in [1.29, 1.82) is 0 Å². The van der Waals surface area contributed by atoms with Crippen LogP contribution in [-0.4, -0.2) is 28.9 Å². The lowest BCUT2D eigenvalue weighted by molar-refractivity contribution is -0.386. The van der Waals surface area contributed by atoms with Gasteiger partial charge in [0.05, 0.1) is 4.92 Å². The lowest BCUT2D eigenvalue weighted by Crippen LogP contribution is -2.07. The van der Waals surface area contributed by atoms with Gasteiger partial charge in [0.2, 0.25) is 5.75 Å². The number of ether oxygens (including phenoxy) is 1. The van der Waals surface area contributed by atoms with Crippen LogP contribution in [0, 0.1) is 10.1 Å². The first-order chi connectivity index (χ1) is 9.36. The summed E-state index contributed by atoms with van der Waals surface area (Å²) in [4.78, 5) is 31.0. The van der Waals surface area contributed by atoms with Crippen LogP contribution in [0.3, 0.4) is 0 Å². The minimum atomic E-state index is -3.37. The number of halogens is 2. The lowest BCUT2D eigenvalue weighted by atomic mass is 10.1. The molecule has 1 aromatic carbocycles. The number of aldehydes is 1. The molecule has 0 saturated heterocycles. The molecule has 1 N–H and O–H groups in total. The number of hydrogen-bond acceptors (Lipinski definition) is 5. The maximum atomic E-state index is 12.3. The van der Waals surface area contributed by atoms with Crippen molar-refractivity contribution in [3.63, 3.8) is 0 Å². The number of nitrogens with zero attached hydrogens (tertiary/aromatic N) is 1. The van der Waals surface area contributed by atoms with E-state index in [4.69, 9.17) is 5.11 Å². The van der Waals surface area contributed by atoms with Crippen LogP contribution in [0.1, 0.15) is 15.9 Å². The molecule has 0 aromatic heterocycles. The van der Waals surface area contributed by atoms with Crippen LogP contribution in [0.2, 0.25) is 0 Å². The SMILES string of the molecule is O=Cc1ccc([N+](=O)[O-])c(OC(F)F)c1/C=C/C(=O)O. The second-order valence-electron chi connectivity index (χ2n) is 3.34. The first-order valence-electron chi connectivity index (χ1n) is 4.99. The molecule has 7 nitrogen and oxygen atoms in total. The number of carbonyl (C=O) groups excluding carboxylic acids is 1. The molecule has 0 heterocycles. The zero-order chi connectivity index (χ0) is 15.3. The molecule has 0 saturated carbocycles. The van der Waals surface area contributed by atoms with Gasteiger partial charge < -0.3 is 9.84 Å². The van der Waals surface area contributed by atoms with E-state index in [9.17, 15) is 28.5 Å². The van der Waals surface area contributed by atoms with Crippen LogP contribution in [-0.2, 0) is 4.79 Å². The van der Waals surface area contributed by atoms with E-state index < -0.39 is 34.5 Å². The molecule has 0 radical (unpaired) electrons. The predicted octanol–water partition coefficient (Wildman–Crippen LogP) is 2.11. The molecule has 20 heavy (non-hydrogen) atoms. The van der Waals surface area contributed by atoms with Gasteiger partial charge in [-0.25, -0.2) is 4.79 Å². The summed E-state index contributed by atoms with van der Waals surface area (Å²) in [6, 6.07) is 1.82. The normalized spacial score (nSPS) is 10.8. The molecule has 0 fully saturated rings. The molecule has 0 unspecified atom stereocenters. The summed E-state index contributed by atoms with van der Waals surface area (Å²) in [6.45, 7) is -3.37. The van der Waals surface area contributed by atoms with Gasteiger partial charge >= 0.3 is 18.3 Å². The maximum absolute atomic E-state index is 12.3. The average molecular weight is 287 g/mol. The monoisotopic (exact) mass is 287 g/mol. The van der Waals surface area contributed by atoms with Crippen molar-refractivity contribution in [2.24, 2.45) is 0 Å². The summed E-state index contributed by atoms with van der Waals surface area (Å²) in [5.41, 5.74) is -1.43. The topological polar surface area (TPSA) is 107 Å². The van der Waals surface area contributed by atoms with Gasteiger partial charge in [0, 0.05) is 23.3 Å². The quantitative estimate of drug-likeness (QED) is 0.371. The largest absolute Gasteiger partial charge is 0.478 e.